The Morgan fingerprint density at radius 3 is 2.61 bits per heavy atom. The smallest absolute Gasteiger partial charge is 0.121 e. The largest absolute Gasteiger partial charge is 0.328 e. The molecule has 0 spiro atoms. The average Bonchev–Trinajstić information content (AvgIpc) is 2.92. The molecule has 0 radical (unpaired) electrons. The van der Waals surface area contributed by atoms with E-state index >= 15 is 0 Å². The fourth-order valence-corrected chi connectivity index (χ4v) is 3.44. The summed E-state index contributed by atoms with van der Waals surface area (Å²) in [6.45, 7) is 0.685. The second-order valence-corrected chi connectivity index (χ2v) is 6.48. The summed E-state index contributed by atoms with van der Waals surface area (Å²) in [5, 5.41) is 13.0. The summed E-state index contributed by atoms with van der Waals surface area (Å²) in [4.78, 5) is 0. The molecule has 0 fully saturated rings. The molecule has 0 saturated heterocycles. The molecule has 1 aromatic heterocycles. The number of hydrogen-bond donors (Lipinski definition) is 0. The van der Waals surface area contributed by atoms with Gasteiger partial charge in [-0.2, -0.15) is 5.26 Å². The maximum atomic E-state index is 9.50. The predicted molar refractivity (Wildman–Crippen MR) is 97.4 cm³/mol. The molecule has 0 aliphatic rings. The number of aromatic nitrogens is 1. The number of hydrogen-bond acceptors (Lipinski definition) is 1. The summed E-state index contributed by atoms with van der Waals surface area (Å²) in [6.07, 6.45) is 0. The Balaban J connectivity index is 1.92. The lowest BCUT2D eigenvalue weighted by molar-refractivity contribution is 0.829. The van der Waals surface area contributed by atoms with E-state index in [9.17, 15) is 5.26 Å². The number of benzene rings is 3. The maximum absolute atomic E-state index is 9.50. The Labute approximate surface area is 142 Å². The van der Waals surface area contributed by atoms with Crippen LogP contribution in [0.1, 0.15) is 11.3 Å². The molecule has 0 amide bonds. The van der Waals surface area contributed by atoms with Gasteiger partial charge in [-0.1, -0.05) is 64.5 Å². The molecule has 0 bridgehead atoms. The molecule has 0 atom stereocenters. The van der Waals surface area contributed by atoms with Gasteiger partial charge in [-0.15, -0.1) is 0 Å². The monoisotopic (exact) mass is 360 g/mol. The van der Waals surface area contributed by atoms with Crippen LogP contribution < -0.4 is 0 Å². The minimum atomic E-state index is 0.685. The van der Waals surface area contributed by atoms with Gasteiger partial charge in [0.1, 0.15) is 11.8 Å². The summed E-state index contributed by atoms with van der Waals surface area (Å²) in [5.41, 5.74) is 2.98. The van der Waals surface area contributed by atoms with E-state index in [1.54, 1.807) is 0 Å². The summed E-state index contributed by atoms with van der Waals surface area (Å²) in [6, 6.07) is 25.1. The lowest BCUT2D eigenvalue weighted by Gasteiger charge is -2.10. The average molecular weight is 361 g/mol. The van der Waals surface area contributed by atoms with Crippen LogP contribution in [0.3, 0.4) is 0 Å². The lowest BCUT2D eigenvalue weighted by Crippen LogP contribution is -2.02. The van der Waals surface area contributed by atoms with E-state index in [2.05, 4.69) is 75.1 Å². The Hall–Kier alpha value is -2.57. The van der Waals surface area contributed by atoms with Crippen LogP contribution >= 0.6 is 15.9 Å². The molecule has 4 rings (SSSR count). The van der Waals surface area contributed by atoms with E-state index in [-0.39, 0.29) is 0 Å². The molecule has 0 N–H and O–H groups in total. The van der Waals surface area contributed by atoms with Crippen LogP contribution in [0.2, 0.25) is 0 Å². The third kappa shape index (κ3) is 2.42. The van der Waals surface area contributed by atoms with E-state index in [0.717, 1.165) is 15.4 Å². The first-order chi connectivity index (χ1) is 11.3. The van der Waals surface area contributed by atoms with E-state index in [4.69, 9.17) is 0 Å². The van der Waals surface area contributed by atoms with Crippen LogP contribution in [-0.2, 0) is 6.54 Å². The van der Waals surface area contributed by atoms with Gasteiger partial charge in [-0.05, 0) is 34.5 Å². The molecule has 1 heterocycles. The maximum Gasteiger partial charge on any atom is 0.121 e. The predicted octanol–water partition coefficient (Wildman–Crippen LogP) is 5.48. The van der Waals surface area contributed by atoms with Crippen LogP contribution in [0.4, 0.5) is 0 Å². The second kappa shape index (κ2) is 5.57. The Kier molecular flexibility index (Phi) is 3.40. The van der Waals surface area contributed by atoms with Gasteiger partial charge in [-0.25, -0.2) is 0 Å². The number of halogens is 1. The first-order valence-corrected chi connectivity index (χ1v) is 8.21. The molecule has 2 nitrogen and oxygen atoms in total. The number of nitriles is 1. The minimum Gasteiger partial charge on any atom is -0.328 e. The summed E-state index contributed by atoms with van der Waals surface area (Å²) >= 11 is 3.53. The third-order valence-electron chi connectivity index (χ3n) is 4.19. The van der Waals surface area contributed by atoms with Gasteiger partial charge in [0.05, 0.1) is 5.52 Å². The Bertz CT molecular complexity index is 1060. The number of fused-ring (bicyclic) bond motifs is 2. The molecule has 0 aliphatic heterocycles. The van der Waals surface area contributed by atoms with Crippen molar-refractivity contribution in [1.29, 1.82) is 5.26 Å². The molecule has 3 heteroatoms. The van der Waals surface area contributed by atoms with Gasteiger partial charge in [0, 0.05) is 16.4 Å². The molecular formula is C20H13BrN2. The summed E-state index contributed by atoms with van der Waals surface area (Å²) < 4.78 is 3.11. The van der Waals surface area contributed by atoms with E-state index in [1.165, 1.54) is 16.3 Å². The molecule has 0 saturated carbocycles. The van der Waals surface area contributed by atoms with Gasteiger partial charge in [-0.3, -0.25) is 0 Å². The van der Waals surface area contributed by atoms with E-state index < -0.39 is 0 Å². The topological polar surface area (TPSA) is 28.7 Å². The SMILES string of the molecule is N#Cc1cc2ccc(Br)cc2n1Cc1cccc2ccccc12. The molecule has 4 aromatic rings. The van der Waals surface area contributed by atoms with Crippen LogP contribution in [0.5, 0.6) is 0 Å². The fourth-order valence-electron chi connectivity index (χ4n) is 3.09. The molecule has 0 unspecified atom stereocenters. The molecule has 110 valence electrons. The minimum absolute atomic E-state index is 0.685. The van der Waals surface area contributed by atoms with Gasteiger partial charge >= 0.3 is 0 Å². The molecular weight excluding hydrogens is 348 g/mol. The first-order valence-electron chi connectivity index (χ1n) is 7.42. The van der Waals surface area contributed by atoms with Crippen molar-refractivity contribution in [2.24, 2.45) is 0 Å². The lowest BCUT2D eigenvalue weighted by atomic mass is 10.0. The normalized spacial score (nSPS) is 11.0. The van der Waals surface area contributed by atoms with Gasteiger partial charge in [0.25, 0.3) is 0 Å². The van der Waals surface area contributed by atoms with Crippen LogP contribution in [0.25, 0.3) is 21.7 Å². The summed E-state index contributed by atoms with van der Waals surface area (Å²) in [5.74, 6) is 0. The Morgan fingerprint density at radius 2 is 1.74 bits per heavy atom. The first kappa shape index (κ1) is 14.0. The second-order valence-electron chi connectivity index (χ2n) is 5.57. The van der Waals surface area contributed by atoms with Crippen LogP contribution in [0, 0.1) is 11.3 Å². The third-order valence-corrected chi connectivity index (χ3v) is 4.68. The van der Waals surface area contributed by atoms with Crippen molar-refractivity contribution in [2.75, 3.05) is 0 Å². The Morgan fingerprint density at radius 1 is 0.913 bits per heavy atom. The molecule has 23 heavy (non-hydrogen) atoms. The van der Waals surface area contributed by atoms with Crippen LogP contribution in [-0.4, -0.2) is 4.57 Å². The number of nitrogens with zero attached hydrogens (tertiary/aromatic N) is 2. The van der Waals surface area contributed by atoms with Crippen molar-refractivity contribution in [3.63, 3.8) is 0 Å². The highest BCUT2D eigenvalue weighted by molar-refractivity contribution is 9.10. The van der Waals surface area contributed by atoms with Crippen molar-refractivity contribution >= 4 is 37.6 Å². The van der Waals surface area contributed by atoms with Gasteiger partial charge in [0.2, 0.25) is 0 Å². The van der Waals surface area contributed by atoms with Crippen molar-refractivity contribution in [3.05, 3.63) is 82.5 Å². The molecule has 3 aromatic carbocycles. The van der Waals surface area contributed by atoms with Crippen molar-refractivity contribution in [1.82, 2.24) is 4.57 Å². The van der Waals surface area contributed by atoms with Crippen molar-refractivity contribution < 1.29 is 0 Å². The van der Waals surface area contributed by atoms with E-state index in [0.29, 0.717) is 12.2 Å². The summed E-state index contributed by atoms with van der Waals surface area (Å²) in [7, 11) is 0. The zero-order chi connectivity index (χ0) is 15.8. The van der Waals surface area contributed by atoms with Gasteiger partial charge in [0.15, 0.2) is 0 Å². The fraction of sp³-hybridized carbons (Fsp3) is 0.0500. The molecule has 0 aliphatic carbocycles. The quantitative estimate of drug-likeness (QED) is 0.465. The van der Waals surface area contributed by atoms with Crippen molar-refractivity contribution in [2.45, 2.75) is 6.54 Å². The zero-order valence-electron chi connectivity index (χ0n) is 12.3. The zero-order valence-corrected chi connectivity index (χ0v) is 13.9. The highest BCUT2D eigenvalue weighted by Crippen LogP contribution is 2.26. The van der Waals surface area contributed by atoms with Crippen molar-refractivity contribution in [3.8, 4) is 6.07 Å². The van der Waals surface area contributed by atoms with E-state index in [1.807, 2.05) is 18.2 Å². The van der Waals surface area contributed by atoms with Crippen LogP contribution in [0.15, 0.2) is 71.2 Å². The standard InChI is InChI=1S/C20H13BrN2/c21-17-9-8-15-10-18(12-22)23(20(15)11-17)13-16-6-3-5-14-4-1-2-7-19(14)16/h1-11H,13H2. The number of rotatable bonds is 2. The van der Waals surface area contributed by atoms with Gasteiger partial charge < -0.3 is 4.57 Å². The highest BCUT2D eigenvalue weighted by atomic mass is 79.9. The highest BCUT2D eigenvalue weighted by Gasteiger charge is 2.10.